The summed E-state index contributed by atoms with van der Waals surface area (Å²) in [6.07, 6.45) is 0. The van der Waals surface area contributed by atoms with Crippen LogP contribution in [0.3, 0.4) is 0 Å². The first-order chi connectivity index (χ1) is 12.3. The fraction of sp³-hybridized carbons (Fsp3) is 0.250. The summed E-state index contributed by atoms with van der Waals surface area (Å²) in [4.78, 5) is 28.5. The predicted molar refractivity (Wildman–Crippen MR) is 104 cm³/mol. The predicted octanol–water partition coefficient (Wildman–Crippen LogP) is 4.39. The van der Waals surface area contributed by atoms with Gasteiger partial charge in [-0.05, 0) is 35.2 Å². The number of ether oxygens (including phenoxy) is 1. The van der Waals surface area contributed by atoms with Crippen molar-refractivity contribution in [3.63, 3.8) is 0 Å². The van der Waals surface area contributed by atoms with Gasteiger partial charge < -0.3 is 10.1 Å². The summed E-state index contributed by atoms with van der Waals surface area (Å²) >= 11 is 1.45. The Hall–Kier alpha value is -2.73. The molecule has 6 heteroatoms. The summed E-state index contributed by atoms with van der Waals surface area (Å²) in [6, 6.07) is 12.8. The molecule has 3 aromatic rings. The Balaban J connectivity index is 1.63. The van der Waals surface area contributed by atoms with Crippen molar-refractivity contribution in [1.82, 2.24) is 4.98 Å². The van der Waals surface area contributed by atoms with E-state index in [-0.39, 0.29) is 17.9 Å². The average molecular weight is 368 g/mol. The molecule has 2 aromatic carbocycles. The van der Waals surface area contributed by atoms with Crippen LogP contribution in [0.1, 0.15) is 36.7 Å². The topological polar surface area (TPSA) is 68.3 Å². The van der Waals surface area contributed by atoms with Gasteiger partial charge in [0.05, 0.1) is 21.3 Å². The molecule has 1 N–H and O–H groups in total. The number of nitrogens with one attached hydrogen (secondary N) is 1. The van der Waals surface area contributed by atoms with Crippen molar-refractivity contribution < 1.29 is 14.3 Å². The lowest BCUT2D eigenvalue weighted by Crippen LogP contribution is -2.23. The minimum absolute atomic E-state index is 0.106. The number of carbonyl (C=O) groups excluding carboxylic acids is 2. The van der Waals surface area contributed by atoms with Crippen LogP contribution in [0.5, 0.6) is 0 Å². The number of hydrogen-bond acceptors (Lipinski definition) is 5. The van der Waals surface area contributed by atoms with E-state index in [1.807, 2.05) is 24.3 Å². The fourth-order valence-electron chi connectivity index (χ4n) is 2.63. The average Bonchev–Trinajstić information content (AvgIpc) is 3.07. The number of nitrogens with zero attached hydrogens (tertiary/aromatic N) is 1. The van der Waals surface area contributed by atoms with Gasteiger partial charge in [-0.1, -0.05) is 39.0 Å². The van der Waals surface area contributed by atoms with Crippen LogP contribution in [0.15, 0.2) is 48.0 Å². The molecule has 0 atom stereocenters. The molecule has 134 valence electrons. The number of rotatable bonds is 4. The molecule has 0 saturated carbocycles. The highest BCUT2D eigenvalue weighted by Gasteiger charge is 2.19. The molecular formula is C20H20N2O3S. The first-order valence-electron chi connectivity index (χ1n) is 8.24. The van der Waals surface area contributed by atoms with Gasteiger partial charge in [0.15, 0.2) is 6.61 Å². The first kappa shape index (κ1) is 18.1. The van der Waals surface area contributed by atoms with E-state index in [4.69, 9.17) is 4.74 Å². The van der Waals surface area contributed by atoms with E-state index in [2.05, 4.69) is 31.1 Å². The Kier molecular flexibility index (Phi) is 5.04. The normalized spacial score (nSPS) is 11.3. The molecule has 0 spiro atoms. The fourth-order valence-corrected chi connectivity index (χ4v) is 3.35. The minimum atomic E-state index is -0.528. The summed E-state index contributed by atoms with van der Waals surface area (Å²) in [5.41, 5.74) is 4.61. The van der Waals surface area contributed by atoms with Crippen molar-refractivity contribution in [3.05, 3.63) is 59.1 Å². The van der Waals surface area contributed by atoms with E-state index in [1.54, 1.807) is 23.7 Å². The van der Waals surface area contributed by atoms with Gasteiger partial charge in [0.25, 0.3) is 5.91 Å². The first-order valence-corrected chi connectivity index (χ1v) is 9.12. The molecule has 0 radical (unpaired) electrons. The van der Waals surface area contributed by atoms with Gasteiger partial charge in [0.2, 0.25) is 0 Å². The molecule has 0 unspecified atom stereocenters. The number of thiazole rings is 1. The van der Waals surface area contributed by atoms with Crippen LogP contribution in [0.25, 0.3) is 10.2 Å². The molecule has 0 aliphatic carbocycles. The largest absolute Gasteiger partial charge is 0.452 e. The number of fused-ring (bicyclic) bond motifs is 1. The highest BCUT2D eigenvalue weighted by atomic mass is 32.1. The molecule has 0 aliphatic heterocycles. The van der Waals surface area contributed by atoms with Crippen LogP contribution in [-0.2, 0) is 14.9 Å². The van der Waals surface area contributed by atoms with Crippen LogP contribution in [-0.4, -0.2) is 23.5 Å². The second kappa shape index (κ2) is 7.25. The molecule has 0 bridgehead atoms. The number of hydrogen-bond donors (Lipinski definition) is 1. The second-order valence-electron chi connectivity index (χ2n) is 6.95. The molecule has 26 heavy (non-hydrogen) atoms. The van der Waals surface area contributed by atoms with Crippen LogP contribution < -0.4 is 5.32 Å². The zero-order chi connectivity index (χ0) is 18.7. The third-order valence-corrected chi connectivity index (χ3v) is 4.70. The lowest BCUT2D eigenvalue weighted by atomic mass is 9.86. The van der Waals surface area contributed by atoms with Crippen LogP contribution >= 0.6 is 11.3 Å². The van der Waals surface area contributed by atoms with Gasteiger partial charge in [0.1, 0.15) is 0 Å². The van der Waals surface area contributed by atoms with Crippen molar-refractivity contribution in [1.29, 1.82) is 0 Å². The lowest BCUT2D eigenvalue weighted by molar-refractivity contribution is -0.119. The van der Waals surface area contributed by atoms with Gasteiger partial charge >= 0.3 is 5.97 Å². The van der Waals surface area contributed by atoms with E-state index in [1.165, 1.54) is 11.3 Å². The third-order valence-electron chi connectivity index (χ3n) is 3.91. The zero-order valence-corrected chi connectivity index (χ0v) is 15.7. The standard InChI is InChI=1S/C20H20N2O3S/c1-20(2,3)14-6-4-5-7-15(14)22-18(23)11-25-19(24)13-8-9-16-17(10-13)26-12-21-16/h4-10,12H,11H2,1-3H3,(H,22,23). The molecule has 0 aliphatic rings. The number of amides is 1. The summed E-state index contributed by atoms with van der Waals surface area (Å²) < 4.78 is 6.05. The van der Waals surface area contributed by atoms with Gasteiger partial charge in [-0.2, -0.15) is 0 Å². The maximum Gasteiger partial charge on any atom is 0.338 e. The summed E-state index contributed by atoms with van der Waals surface area (Å²) in [5, 5.41) is 2.83. The van der Waals surface area contributed by atoms with Crippen LogP contribution in [0.2, 0.25) is 0 Å². The highest BCUT2D eigenvalue weighted by molar-refractivity contribution is 7.16. The van der Waals surface area contributed by atoms with E-state index in [0.29, 0.717) is 5.56 Å². The Labute approximate surface area is 156 Å². The Morgan fingerprint density at radius 1 is 1.15 bits per heavy atom. The molecular weight excluding hydrogens is 348 g/mol. The Bertz CT molecular complexity index is 957. The van der Waals surface area contributed by atoms with Gasteiger partial charge in [0, 0.05) is 5.69 Å². The maximum atomic E-state index is 12.2. The number of esters is 1. The number of benzene rings is 2. The number of para-hydroxylation sites is 1. The summed E-state index contributed by atoms with van der Waals surface area (Å²) in [6.45, 7) is 5.90. The number of carbonyl (C=O) groups is 2. The van der Waals surface area contributed by atoms with E-state index >= 15 is 0 Å². The SMILES string of the molecule is CC(C)(C)c1ccccc1NC(=O)COC(=O)c1ccc2ncsc2c1. The van der Waals surface area contributed by atoms with Crippen molar-refractivity contribution in [3.8, 4) is 0 Å². The molecule has 0 fully saturated rings. The van der Waals surface area contributed by atoms with Gasteiger partial charge in [-0.3, -0.25) is 4.79 Å². The van der Waals surface area contributed by atoms with Crippen molar-refractivity contribution >= 4 is 39.1 Å². The van der Waals surface area contributed by atoms with E-state index in [0.717, 1.165) is 21.5 Å². The second-order valence-corrected chi connectivity index (χ2v) is 7.84. The smallest absolute Gasteiger partial charge is 0.338 e. The van der Waals surface area contributed by atoms with Crippen molar-refractivity contribution in [2.24, 2.45) is 0 Å². The van der Waals surface area contributed by atoms with Gasteiger partial charge in [-0.15, -0.1) is 11.3 Å². The minimum Gasteiger partial charge on any atom is -0.452 e. The summed E-state index contributed by atoms with van der Waals surface area (Å²) in [7, 11) is 0. The molecule has 3 rings (SSSR count). The Morgan fingerprint density at radius 3 is 2.69 bits per heavy atom. The number of aromatic nitrogens is 1. The Morgan fingerprint density at radius 2 is 1.92 bits per heavy atom. The van der Waals surface area contributed by atoms with E-state index < -0.39 is 5.97 Å². The molecule has 0 saturated heterocycles. The van der Waals surface area contributed by atoms with E-state index in [9.17, 15) is 9.59 Å². The summed E-state index contributed by atoms with van der Waals surface area (Å²) in [5.74, 6) is -0.895. The monoisotopic (exact) mass is 368 g/mol. The highest BCUT2D eigenvalue weighted by Crippen LogP contribution is 2.29. The van der Waals surface area contributed by atoms with Crippen LogP contribution in [0, 0.1) is 0 Å². The molecule has 1 heterocycles. The zero-order valence-electron chi connectivity index (χ0n) is 14.9. The molecule has 5 nitrogen and oxygen atoms in total. The third kappa shape index (κ3) is 4.08. The lowest BCUT2D eigenvalue weighted by Gasteiger charge is -2.22. The maximum absolute atomic E-state index is 12.2. The van der Waals surface area contributed by atoms with Crippen LogP contribution in [0.4, 0.5) is 5.69 Å². The molecule has 1 aromatic heterocycles. The molecule has 1 amide bonds. The van der Waals surface area contributed by atoms with Crippen molar-refractivity contribution in [2.75, 3.05) is 11.9 Å². The number of anilines is 1. The van der Waals surface area contributed by atoms with Gasteiger partial charge in [-0.25, -0.2) is 9.78 Å². The quantitative estimate of drug-likeness (QED) is 0.694. The van der Waals surface area contributed by atoms with Crippen molar-refractivity contribution in [2.45, 2.75) is 26.2 Å².